The molecular formula is C19H27N3O2. The smallest absolute Gasteiger partial charge is 0.410 e. The van der Waals surface area contributed by atoms with Gasteiger partial charge >= 0.3 is 6.09 Å². The Kier molecular flexibility index (Phi) is 4.28. The molecule has 0 radical (unpaired) electrons. The Labute approximate surface area is 143 Å². The van der Waals surface area contributed by atoms with E-state index in [2.05, 4.69) is 29.0 Å². The van der Waals surface area contributed by atoms with E-state index in [0.717, 1.165) is 48.2 Å². The summed E-state index contributed by atoms with van der Waals surface area (Å²) in [6.07, 6.45) is 2.85. The Morgan fingerprint density at radius 2 is 2.04 bits per heavy atom. The summed E-state index contributed by atoms with van der Waals surface area (Å²) in [6.45, 7) is 10.5. The highest BCUT2D eigenvalue weighted by Gasteiger charge is 2.32. The van der Waals surface area contributed by atoms with Gasteiger partial charge in [0.15, 0.2) is 0 Å². The quantitative estimate of drug-likeness (QED) is 0.829. The summed E-state index contributed by atoms with van der Waals surface area (Å²) < 4.78 is 5.60. The van der Waals surface area contributed by atoms with Crippen LogP contribution in [0.3, 0.4) is 0 Å². The van der Waals surface area contributed by atoms with Gasteiger partial charge in [0.25, 0.3) is 0 Å². The number of piperidine rings is 1. The highest BCUT2D eigenvalue weighted by atomic mass is 16.6. The summed E-state index contributed by atoms with van der Waals surface area (Å²) in [4.78, 5) is 22.6. The maximum atomic E-state index is 12.6. The van der Waals surface area contributed by atoms with Gasteiger partial charge in [0.05, 0.1) is 17.1 Å². The third kappa shape index (κ3) is 3.40. The van der Waals surface area contributed by atoms with E-state index in [1.807, 2.05) is 32.6 Å². The standard InChI is InChI=1S/C19H27N3O2/c1-12-10-13(2)20-15-11-14(21-17(12)15)16-8-6-7-9-22(16)18(23)24-19(3,4)5/h10-11,16,21H,6-9H2,1-5H3/t16-/m0/s1. The van der Waals surface area contributed by atoms with Crippen molar-refractivity contribution >= 4 is 17.1 Å². The fraction of sp³-hybridized carbons (Fsp3) is 0.579. The predicted molar refractivity (Wildman–Crippen MR) is 95.1 cm³/mol. The number of pyridine rings is 1. The van der Waals surface area contributed by atoms with Gasteiger partial charge in [-0.05, 0) is 71.6 Å². The topological polar surface area (TPSA) is 58.2 Å². The van der Waals surface area contributed by atoms with Crippen LogP contribution in [0.5, 0.6) is 0 Å². The molecule has 0 saturated carbocycles. The van der Waals surface area contributed by atoms with Gasteiger partial charge in [-0.2, -0.15) is 0 Å². The number of aromatic nitrogens is 2. The molecule has 1 fully saturated rings. The molecule has 1 amide bonds. The lowest BCUT2D eigenvalue weighted by Gasteiger charge is -2.36. The molecule has 3 heterocycles. The molecule has 0 bridgehead atoms. The molecule has 5 heteroatoms. The van der Waals surface area contributed by atoms with Crippen molar-refractivity contribution in [2.24, 2.45) is 0 Å². The van der Waals surface area contributed by atoms with Crippen molar-refractivity contribution in [3.63, 3.8) is 0 Å². The molecule has 1 N–H and O–H groups in total. The van der Waals surface area contributed by atoms with E-state index in [0.29, 0.717) is 0 Å². The minimum atomic E-state index is -0.477. The number of aryl methyl sites for hydroxylation is 2. The molecule has 0 spiro atoms. The van der Waals surface area contributed by atoms with Crippen LogP contribution in [-0.2, 0) is 4.74 Å². The zero-order valence-corrected chi connectivity index (χ0v) is 15.3. The van der Waals surface area contributed by atoms with Crippen LogP contribution in [-0.4, -0.2) is 33.1 Å². The van der Waals surface area contributed by atoms with Crippen molar-refractivity contribution in [3.05, 3.63) is 29.1 Å². The number of fused-ring (bicyclic) bond motifs is 1. The second-order valence-corrected chi connectivity index (χ2v) is 7.75. The van der Waals surface area contributed by atoms with Crippen LogP contribution in [0, 0.1) is 13.8 Å². The first-order valence-electron chi connectivity index (χ1n) is 8.71. The van der Waals surface area contributed by atoms with E-state index < -0.39 is 5.60 Å². The van der Waals surface area contributed by atoms with Gasteiger partial charge in [0.1, 0.15) is 5.60 Å². The summed E-state index contributed by atoms with van der Waals surface area (Å²) in [5.41, 5.74) is 4.80. The SMILES string of the molecule is Cc1cc(C)c2[nH]c([C@@H]3CCCCN3C(=O)OC(C)(C)C)cc2n1. The van der Waals surface area contributed by atoms with E-state index in [4.69, 9.17) is 4.74 Å². The number of ether oxygens (including phenoxy) is 1. The van der Waals surface area contributed by atoms with Crippen molar-refractivity contribution in [2.75, 3.05) is 6.54 Å². The molecular weight excluding hydrogens is 302 g/mol. The van der Waals surface area contributed by atoms with Crippen LogP contribution in [0.2, 0.25) is 0 Å². The molecule has 3 rings (SSSR count). The number of rotatable bonds is 1. The van der Waals surface area contributed by atoms with Crippen molar-refractivity contribution in [2.45, 2.75) is 65.5 Å². The lowest BCUT2D eigenvalue weighted by atomic mass is 10.00. The summed E-state index contributed by atoms with van der Waals surface area (Å²) in [5, 5.41) is 0. The molecule has 24 heavy (non-hydrogen) atoms. The zero-order valence-electron chi connectivity index (χ0n) is 15.3. The second-order valence-electron chi connectivity index (χ2n) is 7.75. The number of nitrogens with one attached hydrogen (secondary N) is 1. The first-order chi connectivity index (χ1) is 11.2. The normalized spacial score (nSPS) is 18.9. The Hall–Kier alpha value is -2.04. The predicted octanol–water partition coefficient (Wildman–Crippen LogP) is 4.64. The monoisotopic (exact) mass is 329 g/mol. The number of H-pyrrole nitrogens is 1. The Bertz CT molecular complexity index is 758. The van der Waals surface area contributed by atoms with Crippen molar-refractivity contribution < 1.29 is 9.53 Å². The molecule has 0 unspecified atom stereocenters. The van der Waals surface area contributed by atoms with Crippen LogP contribution >= 0.6 is 0 Å². The molecule has 1 atom stereocenters. The molecule has 1 aliphatic heterocycles. The first kappa shape index (κ1) is 16.8. The lowest BCUT2D eigenvalue weighted by Crippen LogP contribution is -2.42. The minimum Gasteiger partial charge on any atom is -0.444 e. The summed E-state index contributed by atoms with van der Waals surface area (Å²) in [5.74, 6) is 0. The van der Waals surface area contributed by atoms with Crippen LogP contribution in [0.15, 0.2) is 12.1 Å². The average molecular weight is 329 g/mol. The number of likely N-dealkylation sites (tertiary alicyclic amines) is 1. The van der Waals surface area contributed by atoms with Gasteiger partial charge in [-0.1, -0.05) is 0 Å². The maximum absolute atomic E-state index is 12.6. The Morgan fingerprint density at radius 3 is 2.75 bits per heavy atom. The lowest BCUT2D eigenvalue weighted by molar-refractivity contribution is 0.00908. The van der Waals surface area contributed by atoms with Crippen LogP contribution < -0.4 is 0 Å². The maximum Gasteiger partial charge on any atom is 0.410 e. The van der Waals surface area contributed by atoms with Crippen LogP contribution in [0.4, 0.5) is 4.79 Å². The molecule has 0 aromatic carbocycles. The number of carbonyl (C=O) groups is 1. The third-order valence-electron chi connectivity index (χ3n) is 4.42. The number of amides is 1. The molecule has 5 nitrogen and oxygen atoms in total. The highest BCUT2D eigenvalue weighted by Crippen LogP contribution is 2.33. The fourth-order valence-corrected chi connectivity index (χ4v) is 3.43. The molecule has 0 aliphatic carbocycles. The Balaban J connectivity index is 1.93. The van der Waals surface area contributed by atoms with E-state index in [9.17, 15) is 4.79 Å². The van der Waals surface area contributed by atoms with Gasteiger partial charge < -0.3 is 9.72 Å². The molecule has 2 aromatic rings. The van der Waals surface area contributed by atoms with E-state index in [1.54, 1.807) is 0 Å². The Morgan fingerprint density at radius 1 is 1.29 bits per heavy atom. The van der Waals surface area contributed by atoms with Gasteiger partial charge in [0, 0.05) is 17.9 Å². The van der Waals surface area contributed by atoms with Crippen LogP contribution in [0.25, 0.3) is 11.0 Å². The van der Waals surface area contributed by atoms with Crippen molar-refractivity contribution in [1.82, 2.24) is 14.9 Å². The van der Waals surface area contributed by atoms with Gasteiger partial charge in [-0.3, -0.25) is 9.88 Å². The zero-order chi connectivity index (χ0) is 17.5. The molecule has 2 aromatic heterocycles. The summed E-state index contributed by atoms with van der Waals surface area (Å²) >= 11 is 0. The van der Waals surface area contributed by atoms with Gasteiger partial charge in [0.2, 0.25) is 0 Å². The first-order valence-corrected chi connectivity index (χ1v) is 8.71. The number of hydrogen-bond acceptors (Lipinski definition) is 3. The van der Waals surface area contributed by atoms with Crippen molar-refractivity contribution in [3.8, 4) is 0 Å². The number of carbonyl (C=O) groups excluding carboxylic acids is 1. The summed E-state index contributed by atoms with van der Waals surface area (Å²) in [6, 6.07) is 4.19. The summed E-state index contributed by atoms with van der Waals surface area (Å²) in [7, 11) is 0. The molecule has 1 aliphatic rings. The minimum absolute atomic E-state index is 0.0301. The molecule has 1 saturated heterocycles. The van der Waals surface area contributed by atoms with Crippen LogP contribution in [0.1, 0.15) is 63.0 Å². The fourth-order valence-electron chi connectivity index (χ4n) is 3.43. The average Bonchev–Trinajstić information content (AvgIpc) is 2.89. The number of aromatic amines is 1. The number of hydrogen-bond donors (Lipinski definition) is 1. The number of nitrogens with zero attached hydrogens (tertiary/aromatic N) is 2. The van der Waals surface area contributed by atoms with Gasteiger partial charge in [-0.15, -0.1) is 0 Å². The van der Waals surface area contributed by atoms with E-state index in [1.165, 1.54) is 5.56 Å². The largest absolute Gasteiger partial charge is 0.444 e. The van der Waals surface area contributed by atoms with Crippen molar-refractivity contribution in [1.29, 1.82) is 0 Å². The third-order valence-corrected chi connectivity index (χ3v) is 4.42. The second kappa shape index (κ2) is 6.11. The van der Waals surface area contributed by atoms with Gasteiger partial charge in [-0.25, -0.2) is 4.79 Å². The van der Waals surface area contributed by atoms with E-state index in [-0.39, 0.29) is 12.1 Å². The highest BCUT2D eigenvalue weighted by molar-refractivity contribution is 5.80. The molecule has 130 valence electrons. The van der Waals surface area contributed by atoms with E-state index >= 15 is 0 Å².